The second-order valence-corrected chi connectivity index (χ2v) is 2.26. The van der Waals surface area contributed by atoms with Crippen LogP contribution in [0.5, 0.6) is 0 Å². The Balaban J connectivity index is 2.66. The van der Waals surface area contributed by atoms with Gasteiger partial charge in [-0.3, -0.25) is 0 Å². The zero-order valence-electron chi connectivity index (χ0n) is 4.97. The summed E-state index contributed by atoms with van der Waals surface area (Å²) in [5.74, 6) is -3.92. The number of hydrogen-bond acceptors (Lipinski definition) is 2. The summed E-state index contributed by atoms with van der Waals surface area (Å²) in [4.78, 5) is 0. The normalized spacial score (nSPS) is 41.3. The highest BCUT2D eigenvalue weighted by molar-refractivity contribution is 4.81. The van der Waals surface area contributed by atoms with Crippen molar-refractivity contribution in [1.29, 1.82) is 0 Å². The first-order chi connectivity index (χ1) is 4.05. The monoisotopic (exact) mass is 138 g/mol. The number of hydrogen-bond donors (Lipinski definition) is 1. The molecule has 2 unspecified atom stereocenters. The number of halogens is 2. The lowest BCUT2D eigenvalue weighted by Crippen LogP contribution is -2.32. The summed E-state index contributed by atoms with van der Waals surface area (Å²) < 4.78 is 29.0. The molecule has 2 nitrogen and oxygen atoms in total. The Morgan fingerprint density at radius 1 is 1.67 bits per heavy atom. The van der Waals surface area contributed by atoms with E-state index < -0.39 is 18.1 Å². The summed E-state index contributed by atoms with van der Waals surface area (Å²) in [7, 11) is 0. The maximum atomic E-state index is 12.4. The SMILES string of the molecule is CC1COC(O)C1(F)F. The van der Waals surface area contributed by atoms with Gasteiger partial charge in [0.15, 0.2) is 0 Å². The van der Waals surface area contributed by atoms with Crippen LogP contribution in [0.3, 0.4) is 0 Å². The minimum Gasteiger partial charge on any atom is -0.363 e. The summed E-state index contributed by atoms with van der Waals surface area (Å²) in [6.45, 7) is 1.28. The van der Waals surface area contributed by atoms with Crippen molar-refractivity contribution in [2.75, 3.05) is 6.61 Å². The van der Waals surface area contributed by atoms with Crippen molar-refractivity contribution >= 4 is 0 Å². The number of aliphatic hydroxyl groups is 1. The molecule has 0 aromatic heterocycles. The Morgan fingerprint density at radius 2 is 2.22 bits per heavy atom. The minimum absolute atomic E-state index is 0.0613. The van der Waals surface area contributed by atoms with E-state index in [2.05, 4.69) is 4.74 Å². The summed E-state index contributed by atoms with van der Waals surface area (Å²) in [6, 6.07) is 0. The van der Waals surface area contributed by atoms with E-state index >= 15 is 0 Å². The maximum Gasteiger partial charge on any atom is 0.302 e. The summed E-state index contributed by atoms with van der Waals surface area (Å²) >= 11 is 0. The average molecular weight is 138 g/mol. The van der Waals surface area contributed by atoms with Crippen molar-refractivity contribution in [3.8, 4) is 0 Å². The van der Waals surface area contributed by atoms with E-state index in [4.69, 9.17) is 5.11 Å². The van der Waals surface area contributed by atoms with Gasteiger partial charge >= 0.3 is 5.92 Å². The van der Waals surface area contributed by atoms with Gasteiger partial charge < -0.3 is 9.84 Å². The smallest absolute Gasteiger partial charge is 0.302 e. The van der Waals surface area contributed by atoms with Crippen molar-refractivity contribution in [2.24, 2.45) is 5.92 Å². The van der Waals surface area contributed by atoms with Crippen LogP contribution in [-0.2, 0) is 4.74 Å². The average Bonchev–Trinajstić information content (AvgIpc) is 1.96. The van der Waals surface area contributed by atoms with Gasteiger partial charge in [0.2, 0.25) is 6.29 Å². The third-order valence-corrected chi connectivity index (χ3v) is 1.49. The molecule has 0 bridgehead atoms. The number of aliphatic hydroxyl groups excluding tert-OH is 1. The molecule has 1 N–H and O–H groups in total. The first-order valence-electron chi connectivity index (χ1n) is 2.72. The fraction of sp³-hybridized carbons (Fsp3) is 1.00. The molecule has 2 atom stereocenters. The largest absolute Gasteiger partial charge is 0.363 e. The topological polar surface area (TPSA) is 29.5 Å². The Bertz CT molecular complexity index is 104. The van der Waals surface area contributed by atoms with E-state index in [0.717, 1.165) is 0 Å². The fourth-order valence-corrected chi connectivity index (χ4v) is 0.701. The molecule has 1 rings (SSSR count). The van der Waals surface area contributed by atoms with E-state index in [1.165, 1.54) is 6.92 Å². The van der Waals surface area contributed by atoms with Crippen molar-refractivity contribution in [1.82, 2.24) is 0 Å². The Hall–Kier alpha value is -0.220. The molecule has 0 spiro atoms. The van der Waals surface area contributed by atoms with E-state index in [9.17, 15) is 8.78 Å². The molecule has 1 aliphatic rings. The van der Waals surface area contributed by atoms with Gasteiger partial charge in [0.25, 0.3) is 0 Å². The van der Waals surface area contributed by atoms with Crippen molar-refractivity contribution in [3.63, 3.8) is 0 Å². The lowest BCUT2D eigenvalue weighted by Gasteiger charge is -2.14. The van der Waals surface area contributed by atoms with Crippen LogP contribution in [0, 0.1) is 5.92 Å². The lowest BCUT2D eigenvalue weighted by molar-refractivity contribution is -0.186. The highest BCUT2D eigenvalue weighted by Crippen LogP contribution is 2.34. The molecular formula is C5H8F2O2. The van der Waals surface area contributed by atoms with Gasteiger partial charge in [-0.05, 0) is 0 Å². The summed E-state index contributed by atoms with van der Waals surface area (Å²) in [5.41, 5.74) is 0. The molecule has 1 fully saturated rings. The minimum atomic E-state index is -3.06. The highest BCUT2D eigenvalue weighted by atomic mass is 19.3. The number of ether oxygens (including phenoxy) is 1. The number of rotatable bonds is 0. The Kier molecular flexibility index (Phi) is 1.44. The Labute approximate surface area is 51.4 Å². The van der Waals surface area contributed by atoms with Gasteiger partial charge in [0.1, 0.15) is 0 Å². The predicted molar refractivity (Wildman–Crippen MR) is 26.1 cm³/mol. The van der Waals surface area contributed by atoms with Crippen LogP contribution in [-0.4, -0.2) is 23.9 Å². The Morgan fingerprint density at radius 3 is 2.33 bits per heavy atom. The van der Waals surface area contributed by atoms with Crippen LogP contribution in [0.2, 0.25) is 0 Å². The molecule has 0 amide bonds. The molecular weight excluding hydrogens is 130 g/mol. The van der Waals surface area contributed by atoms with E-state index in [1.807, 2.05) is 0 Å². The van der Waals surface area contributed by atoms with Gasteiger partial charge in [-0.2, -0.15) is 0 Å². The molecule has 0 aromatic carbocycles. The predicted octanol–water partition coefficient (Wildman–Crippen LogP) is 0.606. The van der Waals surface area contributed by atoms with E-state index in [-0.39, 0.29) is 6.61 Å². The van der Waals surface area contributed by atoms with Crippen molar-refractivity contribution < 1.29 is 18.6 Å². The third-order valence-electron chi connectivity index (χ3n) is 1.49. The molecule has 9 heavy (non-hydrogen) atoms. The second kappa shape index (κ2) is 1.88. The van der Waals surface area contributed by atoms with Crippen LogP contribution < -0.4 is 0 Å². The first-order valence-corrected chi connectivity index (χ1v) is 2.72. The van der Waals surface area contributed by atoms with Gasteiger partial charge in [0.05, 0.1) is 6.61 Å². The molecule has 1 aliphatic heterocycles. The molecule has 1 saturated heterocycles. The molecule has 0 aliphatic carbocycles. The second-order valence-electron chi connectivity index (χ2n) is 2.26. The van der Waals surface area contributed by atoms with Crippen molar-refractivity contribution in [2.45, 2.75) is 19.1 Å². The standard InChI is InChI=1S/C5H8F2O2/c1-3-2-9-4(8)5(3,6)7/h3-4,8H,2H2,1H3. The van der Waals surface area contributed by atoms with Crippen molar-refractivity contribution in [3.05, 3.63) is 0 Å². The zero-order valence-corrected chi connectivity index (χ0v) is 4.97. The van der Waals surface area contributed by atoms with Crippen LogP contribution in [0.15, 0.2) is 0 Å². The lowest BCUT2D eigenvalue weighted by atomic mass is 10.1. The fourth-order valence-electron chi connectivity index (χ4n) is 0.701. The van der Waals surface area contributed by atoms with Crippen LogP contribution in [0.4, 0.5) is 8.78 Å². The molecule has 1 heterocycles. The van der Waals surface area contributed by atoms with Crippen LogP contribution in [0.1, 0.15) is 6.92 Å². The number of alkyl halides is 2. The molecule has 4 heteroatoms. The van der Waals surface area contributed by atoms with E-state index in [1.54, 1.807) is 0 Å². The van der Waals surface area contributed by atoms with Crippen LogP contribution >= 0.6 is 0 Å². The van der Waals surface area contributed by atoms with Crippen LogP contribution in [0.25, 0.3) is 0 Å². The first kappa shape index (κ1) is 6.89. The maximum absolute atomic E-state index is 12.4. The molecule has 0 radical (unpaired) electrons. The van der Waals surface area contributed by atoms with Gasteiger partial charge in [-0.1, -0.05) is 6.92 Å². The highest BCUT2D eigenvalue weighted by Gasteiger charge is 2.50. The summed E-state index contributed by atoms with van der Waals surface area (Å²) in [6.07, 6.45) is -1.90. The molecule has 0 aromatic rings. The zero-order chi connectivity index (χ0) is 7.07. The van der Waals surface area contributed by atoms with Gasteiger partial charge in [0, 0.05) is 5.92 Å². The third kappa shape index (κ3) is 0.923. The molecule has 0 saturated carbocycles. The summed E-state index contributed by atoms with van der Waals surface area (Å²) in [5, 5.41) is 8.46. The van der Waals surface area contributed by atoms with Gasteiger partial charge in [-0.15, -0.1) is 0 Å². The van der Waals surface area contributed by atoms with Gasteiger partial charge in [-0.25, -0.2) is 8.78 Å². The van der Waals surface area contributed by atoms with E-state index in [0.29, 0.717) is 0 Å². The molecule has 54 valence electrons. The quantitative estimate of drug-likeness (QED) is 0.531.